The first-order valence-electron chi connectivity index (χ1n) is 35.2. The first-order chi connectivity index (χ1) is 41.1. The average molecular weight is 1190 g/mol. The smallest absolute Gasteiger partial charge is 0.220 e. The molecule has 0 aromatic carbocycles. The van der Waals surface area contributed by atoms with E-state index >= 15 is 0 Å². The van der Waals surface area contributed by atoms with Gasteiger partial charge < -0.3 is 65.1 Å². The van der Waals surface area contributed by atoms with Gasteiger partial charge in [0, 0.05) is 6.42 Å². The molecule has 2 saturated heterocycles. The van der Waals surface area contributed by atoms with E-state index in [9.17, 15) is 45.6 Å². The van der Waals surface area contributed by atoms with E-state index in [2.05, 4.69) is 43.5 Å². The fourth-order valence-corrected chi connectivity index (χ4v) is 11.7. The van der Waals surface area contributed by atoms with E-state index < -0.39 is 86.8 Å². The predicted octanol–water partition coefficient (Wildman–Crippen LogP) is 14.1. The molecule has 494 valence electrons. The van der Waals surface area contributed by atoms with Gasteiger partial charge in [-0.2, -0.15) is 0 Å². The van der Waals surface area contributed by atoms with E-state index in [1.165, 1.54) is 238 Å². The number of ether oxygens (including phenoxy) is 4. The molecule has 2 aliphatic heterocycles. The molecule has 1 amide bonds. The largest absolute Gasteiger partial charge is 0.394 e. The quantitative estimate of drug-likeness (QED) is 0.0204. The van der Waals surface area contributed by atoms with Gasteiger partial charge in [0.1, 0.15) is 48.8 Å². The number of rotatable bonds is 58. The molecule has 0 bridgehead atoms. The molecule has 12 unspecified atom stereocenters. The molecule has 2 aliphatic rings. The van der Waals surface area contributed by atoms with Crippen LogP contribution in [-0.2, 0) is 23.7 Å². The number of unbranched alkanes of at least 4 members (excludes halogenated alkanes) is 41. The van der Waals surface area contributed by atoms with Crippen LogP contribution in [0.2, 0.25) is 0 Å². The van der Waals surface area contributed by atoms with Crippen molar-refractivity contribution in [2.24, 2.45) is 0 Å². The number of hydrogen-bond acceptors (Lipinski definition) is 13. The SMILES string of the molecule is CCCCCCC/C=C\C/C=C\CCCCCCCCCCCCCCCCCCCCCC(=O)NC(COC1OC(CO)C(OC2OC(CO)C(O)C(O)C2O)C(O)C1O)C(O)/C=C/CCCCCCCCCCCCCCCCCCC. The highest BCUT2D eigenvalue weighted by Crippen LogP contribution is 2.30. The maximum atomic E-state index is 13.3. The summed E-state index contributed by atoms with van der Waals surface area (Å²) in [7, 11) is 0. The maximum absolute atomic E-state index is 13.3. The summed E-state index contributed by atoms with van der Waals surface area (Å²) < 4.78 is 22.9. The lowest BCUT2D eigenvalue weighted by Gasteiger charge is -2.46. The van der Waals surface area contributed by atoms with Crippen LogP contribution < -0.4 is 5.32 Å². The van der Waals surface area contributed by atoms with Gasteiger partial charge in [0.25, 0.3) is 0 Å². The first kappa shape index (κ1) is 78.3. The summed E-state index contributed by atoms with van der Waals surface area (Å²) in [5.41, 5.74) is 0. The molecular formula is C70H131NO13. The molecule has 84 heavy (non-hydrogen) atoms. The molecule has 0 radical (unpaired) electrons. The van der Waals surface area contributed by atoms with Crippen molar-refractivity contribution in [1.82, 2.24) is 5.32 Å². The fourth-order valence-electron chi connectivity index (χ4n) is 11.7. The summed E-state index contributed by atoms with van der Waals surface area (Å²) in [6, 6.07) is -0.914. The van der Waals surface area contributed by atoms with Crippen molar-refractivity contribution in [3.8, 4) is 0 Å². The Bertz CT molecular complexity index is 1550. The van der Waals surface area contributed by atoms with Crippen molar-refractivity contribution in [3.05, 3.63) is 36.5 Å². The van der Waals surface area contributed by atoms with Gasteiger partial charge in [0.2, 0.25) is 5.91 Å². The number of hydrogen-bond donors (Lipinski definition) is 9. The van der Waals surface area contributed by atoms with Gasteiger partial charge >= 0.3 is 0 Å². The summed E-state index contributed by atoms with van der Waals surface area (Å²) in [5.74, 6) is -0.234. The lowest BCUT2D eigenvalue weighted by Crippen LogP contribution is -2.65. The number of carbonyl (C=O) groups excluding carboxylic acids is 1. The van der Waals surface area contributed by atoms with Gasteiger partial charge in [-0.05, 0) is 51.4 Å². The Hall–Kier alpha value is -1.79. The molecule has 0 aromatic heterocycles. The number of aliphatic hydroxyl groups is 8. The summed E-state index contributed by atoms with van der Waals surface area (Å²) in [6.45, 7) is 2.83. The highest BCUT2D eigenvalue weighted by molar-refractivity contribution is 5.76. The highest BCUT2D eigenvalue weighted by atomic mass is 16.7. The van der Waals surface area contributed by atoms with Crippen LogP contribution in [0.3, 0.4) is 0 Å². The van der Waals surface area contributed by atoms with Gasteiger partial charge in [-0.1, -0.05) is 288 Å². The number of allylic oxidation sites excluding steroid dienone is 5. The molecule has 12 atom stereocenters. The van der Waals surface area contributed by atoms with Crippen LogP contribution in [0, 0.1) is 0 Å². The molecule has 9 N–H and O–H groups in total. The normalized spacial score (nSPS) is 23.8. The first-order valence-corrected chi connectivity index (χ1v) is 35.2. The molecule has 2 fully saturated rings. The Kier molecular flexibility index (Phi) is 51.5. The maximum Gasteiger partial charge on any atom is 0.220 e. The Labute approximate surface area is 512 Å². The van der Waals surface area contributed by atoms with E-state index in [1.807, 2.05) is 6.08 Å². The summed E-state index contributed by atoms with van der Waals surface area (Å²) in [5, 5.41) is 87.4. The zero-order valence-electron chi connectivity index (χ0n) is 53.7. The van der Waals surface area contributed by atoms with E-state index in [0.717, 1.165) is 44.9 Å². The molecule has 0 saturated carbocycles. The molecular weight excluding hydrogens is 1060 g/mol. The van der Waals surface area contributed by atoms with Crippen LogP contribution in [0.1, 0.15) is 309 Å². The standard InChI is InChI=1S/C70H131NO13/c1-3-5-7-9-11-13-15-17-19-21-23-24-25-26-27-28-29-30-31-32-33-34-36-38-40-42-44-46-48-50-52-54-62(75)71-58(59(74)53-51-49-47-45-43-41-39-37-35-22-20-18-16-14-12-10-8-6-4-2)57-81-69-67(80)65(78)68(61(56-73)83-69)84-70-66(79)64(77)63(76)60(55-72)82-70/h15,17,21,23,51,53,58-61,63-70,72-74,76-80H,3-14,16,18-20,22,24-50,52,54-57H2,1-2H3,(H,71,75)/b17-15-,23-21-,53-51+. The molecule has 14 nitrogen and oxygen atoms in total. The van der Waals surface area contributed by atoms with Gasteiger partial charge in [0.05, 0.1) is 32.0 Å². The summed E-state index contributed by atoms with van der Waals surface area (Å²) in [4.78, 5) is 13.3. The second-order valence-electron chi connectivity index (χ2n) is 25.0. The van der Waals surface area contributed by atoms with Crippen LogP contribution in [0.25, 0.3) is 0 Å². The third kappa shape index (κ3) is 39.3. The summed E-state index contributed by atoms with van der Waals surface area (Å²) in [6.07, 6.45) is 53.4. The monoisotopic (exact) mass is 1190 g/mol. The molecule has 0 aromatic rings. The van der Waals surface area contributed by atoms with Crippen LogP contribution in [0.4, 0.5) is 0 Å². The topological polar surface area (TPSA) is 228 Å². The second kappa shape index (κ2) is 55.3. The van der Waals surface area contributed by atoms with Crippen LogP contribution in [0.5, 0.6) is 0 Å². The highest BCUT2D eigenvalue weighted by Gasteiger charge is 2.51. The lowest BCUT2D eigenvalue weighted by atomic mass is 9.97. The van der Waals surface area contributed by atoms with E-state index in [4.69, 9.17) is 18.9 Å². The fraction of sp³-hybridized carbons (Fsp3) is 0.900. The average Bonchev–Trinajstić information content (AvgIpc) is 3.18. The van der Waals surface area contributed by atoms with Gasteiger partial charge in [-0.25, -0.2) is 0 Å². The second-order valence-corrected chi connectivity index (χ2v) is 25.0. The minimum absolute atomic E-state index is 0.234. The number of aliphatic hydroxyl groups excluding tert-OH is 8. The number of carbonyl (C=O) groups is 1. The molecule has 0 spiro atoms. The lowest BCUT2D eigenvalue weighted by molar-refractivity contribution is -0.359. The van der Waals surface area contributed by atoms with Crippen molar-refractivity contribution < 1.29 is 64.6 Å². The number of nitrogens with one attached hydrogen (secondary N) is 1. The van der Waals surface area contributed by atoms with Crippen molar-refractivity contribution in [2.45, 2.75) is 383 Å². The Morgan fingerprint density at radius 1 is 0.429 bits per heavy atom. The minimum Gasteiger partial charge on any atom is -0.394 e. The van der Waals surface area contributed by atoms with Crippen molar-refractivity contribution >= 4 is 5.91 Å². The summed E-state index contributed by atoms with van der Waals surface area (Å²) >= 11 is 0. The Balaban J connectivity index is 1.65. The van der Waals surface area contributed by atoms with Gasteiger partial charge in [-0.15, -0.1) is 0 Å². The van der Waals surface area contributed by atoms with Crippen molar-refractivity contribution in [2.75, 3.05) is 19.8 Å². The molecule has 14 heteroatoms. The Morgan fingerprint density at radius 3 is 1.19 bits per heavy atom. The third-order valence-corrected chi connectivity index (χ3v) is 17.3. The zero-order valence-corrected chi connectivity index (χ0v) is 53.7. The Morgan fingerprint density at radius 2 is 0.786 bits per heavy atom. The van der Waals surface area contributed by atoms with E-state index in [0.29, 0.717) is 6.42 Å². The van der Waals surface area contributed by atoms with Crippen LogP contribution in [-0.4, -0.2) is 140 Å². The van der Waals surface area contributed by atoms with Gasteiger partial charge in [0.15, 0.2) is 12.6 Å². The van der Waals surface area contributed by atoms with Crippen molar-refractivity contribution in [1.29, 1.82) is 0 Å². The van der Waals surface area contributed by atoms with Crippen LogP contribution in [0.15, 0.2) is 36.5 Å². The minimum atomic E-state index is -1.79. The predicted molar refractivity (Wildman–Crippen MR) is 341 cm³/mol. The third-order valence-electron chi connectivity index (χ3n) is 17.3. The molecule has 2 heterocycles. The van der Waals surface area contributed by atoms with Gasteiger partial charge in [-0.3, -0.25) is 4.79 Å². The van der Waals surface area contributed by atoms with Crippen molar-refractivity contribution in [3.63, 3.8) is 0 Å². The molecule has 0 aliphatic carbocycles. The van der Waals surface area contributed by atoms with E-state index in [1.54, 1.807) is 6.08 Å². The van der Waals surface area contributed by atoms with E-state index in [-0.39, 0.29) is 18.9 Å². The zero-order chi connectivity index (χ0) is 60.9. The number of amides is 1. The molecule has 2 rings (SSSR count). The van der Waals surface area contributed by atoms with Crippen LogP contribution >= 0.6 is 0 Å².